The van der Waals surface area contributed by atoms with Crippen molar-refractivity contribution in [3.8, 4) is 0 Å². The fraction of sp³-hybridized carbons (Fsp3) is 0. The smallest absolute Gasteiger partial charge is 0.344 e. The van der Waals surface area contributed by atoms with Gasteiger partial charge in [0.2, 0.25) is 0 Å². The minimum Gasteiger partial charge on any atom is -0.408 e. The van der Waals surface area contributed by atoms with Gasteiger partial charge in [0, 0.05) is 5.56 Å². The molecule has 0 aliphatic rings. The van der Waals surface area contributed by atoms with Gasteiger partial charge in [0.1, 0.15) is 0 Å². The maximum atomic E-state index is 11.8. The Bertz CT molecular complexity index is 550. The SMILES string of the molecule is O=C(OC(=NO)c1ccccc1)c1ccccc1. The topological polar surface area (TPSA) is 58.9 Å². The molecule has 4 heteroatoms. The molecular weight excluding hydrogens is 230 g/mol. The summed E-state index contributed by atoms with van der Waals surface area (Å²) < 4.78 is 5.03. The van der Waals surface area contributed by atoms with E-state index >= 15 is 0 Å². The van der Waals surface area contributed by atoms with Crippen molar-refractivity contribution in [3.05, 3.63) is 71.8 Å². The molecule has 2 aromatic rings. The lowest BCUT2D eigenvalue weighted by Crippen LogP contribution is -2.13. The summed E-state index contributed by atoms with van der Waals surface area (Å²) in [6.45, 7) is 0. The zero-order chi connectivity index (χ0) is 12.8. The van der Waals surface area contributed by atoms with E-state index in [1.807, 2.05) is 6.07 Å². The summed E-state index contributed by atoms with van der Waals surface area (Å²) >= 11 is 0. The largest absolute Gasteiger partial charge is 0.408 e. The Morgan fingerprint density at radius 1 is 0.889 bits per heavy atom. The third-order valence-electron chi connectivity index (χ3n) is 2.31. The molecule has 0 bridgehead atoms. The average Bonchev–Trinajstić information content (AvgIpc) is 2.46. The average molecular weight is 241 g/mol. The highest BCUT2D eigenvalue weighted by atomic mass is 16.6. The molecule has 0 atom stereocenters. The number of benzene rings is 2. The van der Waals surface area contributed by atoms with Crippen LogP contribution in [0.5, 0.6) is 0 Å². The first kappa shape index (κ1) is 11.9. The van der Waals surface area contributed by atoms with E-state index < -0.39 is 5.97 Å². The summed E-state index contributed by atoms with van der Waals surface area (Å²) in [7, 11) is 0. The minimum atomic E-state index is -0.563. The van der Waals surface area contributed by atoms with Crippen molar-refractivity contribution in [3.63, 3.8) is 0 Å². The van der Waals surface area contributed by atoms with Crippen LogP contribution in [0.25, 0.3) is 0 Å². The number of ether oxygens (including phenoxy) is 1. The normalized spacial score (nSPS) is 11.0. The van der Waals surface area contributed by atoms with E-state index in [1.54, 1.807) is 54.6 Å². The maximum Gasteiger partial charge on any atom is 0.344 e. The van der Waals surface area contributed by atoms with Crippen LogP contribution in [0.1, 0.15) is 15.9 Å². The molecule has 18 heavy (non-hydrogen) atoms. The summed E-state index contributed by atoms with van der Waals surface area (Å²) in [4.78, 5) is 11.8. The highest BCUT2D eigenvalue weighted by Gasteiger charge is 2.13. The second-order valence-electron chi connectivity index (χ2n) is 3.53. The lowest BCUT2D eigenvalue weighted by molar-refractivity contribution is 0.0708. The highest BCUT2D eigenvalue weighted by molar-refractivity contribution is 6.04. The number of esters is 1. The molecule has 0 fully saturated rings. The second kappa shape index (κ2) is 5.63. The van der Waals surface area contributed by atoms with Gasteiger partial charge in [-0.2, -0.15) is 0 Å². The van der Waals surface area contributed by atoms with Crippen LogP contribution in [-0.2, 0) is 4.74 Å². The van der Waals surface area contributed by atoms with Gasteiger partial charge in [0.15, 0.2) is 0 Å². The molecule has 0 aromatic heterocycles. The molecule has 0 aliphatic carbocycles. The molecule has 0 spiro atoms. The lowest BCUT2D eigenvalue weighted by Gasteiger charge is -2.05. The molecule has 4 nitrogen and oxygen atoms in total. The van der Waals surface area contributed by atoms with E-state index in [2.05, 4.69) is 5.16 Å². The summed E-state index contributed by atoms with van der Waals surface area (Å²) in [5, 5.41) is 11.9. The number of rotatable bonds is 2. The molecule has 0 radical (unpaired) electrons. The van der Waals surface area contributed by atoms with Gasteiger partial charge in [0.05, 0.1) is 5.56 Å². The Morgan fingerprint density at radius 3 is 1.89 bits per heavy atom. The molecule has 0 heterocycles. The van der Waals surface area contributed by atoms with Crippen LogP contribution in [-0.4, -0.2) is 17.1 Å². The highest BCUT2D eigenvalue weighted by Crippen LogP contribution is 2.07. The standard InChI is InChI=1S/C14H11NO3/c16-14(12-9-5-2-6-10-12)18-13(15-17)11-7-3-1-4-8-11/h1-10,17H. The summed E-state index contributed by atoms with van der Waals surface area (Å²) in [5.74, 6) is -0.684. The van der Waals surface area contributed by atoms with Crippen LogP contribution in [0.2, 0.25) is 0 Å². The van der Waals surface area contributed by atoms with E-state index in [4.69, 9.17) is 9.94 Å². The van der Waals surface area contributed by atoms with Crippen LogP contribution < -0.4 is 0 Å². The fourth-order valence-electron chi connectivity index (χ4n) is 1.44. The Hall–Kier alpha value is -2.62. The molecule has 1 N–H and O–H groups in total. The third kappa shape index (κ3) is 2.74. The van der Waals surface area contributed by atoms with Gasteiger partial charge in [0.25, 0.3) is 5.90 Å². The van der Waals surface area contributed by atoms with Crippen molar-refractivity contribution < 1.29 is 14.7 Å². The van der Waals surface area contributed by atoms with Crippen molar-refractivity contribution in [2.45, 2.75) is 0 Å². The van der Waals surface area contributed by atoms with Crippen molar-refractivity contribution in [2.24, 2.45) is 5.16 Å². The van der Waals surface area contributed by atoms with Crippen LogP contribution >= 0.6 is 0 Å². The Morgan fingerprint density at radius 2 is 1.39 bits per heavy atom. The molecule has 0 unspecified atom stereocenters. The molecule has 0 aliphatic heterocycles. The van der Waals surface area contributed by atoms with Gasteiger partial charge in [-0.15, -0.1) is 0 Å². The molecule has 0 saturated heterocycles. The predicted octanol–water partition coefficient (Wildman–Crippen LogP) is 2.68. The van der Waals surface area contributed by atoms with Gasteiger partial charge in [-0.05, 0) is 29.4 Å². The van der Waals surface area contributed by atoms with Crippen molar-refractivity contribution in [2.75, 3.05) is 0 Å². The van der Waals surface area contributed by atoms with Gasteiger partial charge >= 0.3 is 5.97 Å². The molecule has 0 saturated carbocycles. The van der Waals surface area contributed by atoms with Gasteiger partial charge in [-0.25, -0.2) is 4.79 Å². The Kier molecular flexibility index (Phi) is 3.71. The first-order valence-electron chi connectivity index (χ1n) is 5.36. The molecule has 2 rings (SSSR count). The lowest BCUT2D eigenvalue weighted by atomic mass is 10.2. The predicted molar refractivity (Wildman–Crippen MR) is 66.6 cm³/mol. The number of carbonyl (C=O) groups is 1. The van der Waals surface area contributed by atoms with E-state index in [1.165, 1.54) is 0 Å². The Labute approximate surface area is 104 Å². The number of hydrogen-bond acceptors (Lipinski definition) is 4. The first-order chi connectivity index (χ1) is 8.81. The van der Waals surface area contributed by atoms with Crippen molar-refractivity contribution >= 4 is 11.9 Å². The number of oxime groups is 1. The van der Waals surface area contributed by atoms with Crippen molar-refractivity contribution in [1.29, 1.82) is 0 Å². The van der Waals surface area contributed by atoms with Crippen LogP contribution in [0.4, 0.5) is 0 Å². The Balaban J connectivity index is 2.16. The van der Waals surface area contributed by atoms with Crippen LogP contribution in [0.15, 0.2) is 65.8 Å². The van der Waals surface area contributed by atoms with Gasteiger partial charge in [-0.3, -0.25) is 0 Å². The van der Waals surface area contributed by atoms with E-state index in [0.717, 1.165) is 0 Å². The zero-order valence-electron chi connectivity index (χ0n) is 9.48. The van der Waals surface area contributed by atoms with Crippen LogP contribution in [0, 0.1) is 0 Å². The summed E-state index contributed by atoms with van der Waals surface area (Å²) in [5.41, 5.74) is 0.930. The first-order valence-corrected chi connectivity index (χ1v) is 5.36. The van der Waals surface area contributed by atoms with E-state index in [-0.39, 0.29) is 5.90 Å². The van der Waals surface area contributed by atoms with E-state index in [9.17, 15) is 4.79 Å². The maximum absolute atomic E-state index is 11.8. The van der Waals surface area contributed by atoms with Gasteiger partial charge < -0.3 is 9.94 Å². The number of hydrogen-bond donors (Lipinski definition) is 1. The zero-order valence-corrected chi connectivity index (χ0v) is 9.48. The molecular formula is C14H11NO3. The molecule has 2 aromatic carbocycles. The third-order valence-corrected chi connectivity index (χ3v) is 2.31. The van der Waals surface area contributed by atoms with Crippen molar-refractivity contribution in [1.82, 2.24) is 0 Å². The molecule has 90 valence electrons. The number of carbonyl (C=O) groups excluding carboxylic acids is 1. The summed E-state index contributed by atoms with van der Waals surface area (Å²) in [6.07, 6.45) is 0. The second-order valence-corrected chi connectivity index (χ2v) is 3.53. The quantitative estimate of drug-likeness (QED) is 0.289. The number of nitrogens with zero attached hydrogens (tertiary/aromatic N) is 1. The molecule has 0 amide bonds. The monoisotopic (exact) mass is 241 g/mol. The van der Waals surface area contributed by atoms with E-state index in [0.29, 0.717) is 11.1 Å². The fourth-order valence-corrected chi connectivity index (χ4v) is 1.44. The summed E-state index contributed by atoms with van der Waals surface area (Å²) in [6, 6.07) is 17.2. The van der Waals surface area contributed by atoms with Gasteiger partial charge in [-0.1, -0.05) is 36.4 Å². The van der Waals surface area contributed by atoms with Crippen LogP contribution in [0.3, 0.4) is 0 Å². The minimum absolute atomic E-state index is 0.121.